The minimum atomic E-state index is -3.44. The van der Waals surface area contributed by atoms with Crippen LogP contribution in [-0.2, 0) is 16.6 Å². The van der Waals surface area contributed by atoms with Gasteiger partial charge < -0.3 is 9.30 Å². The summed E-state index contributed by atoms with van der Waals surface area (Å²) in [5, 5.41) is 2.09. The molecular weight excluding hydrogens is 502 g/mol. The quantitative estimate of drug-likeness (QED) is 0.280. The molecule has 4 aromatic rings. The number of rotatable bonds is 8. The molecule has 0 spiro atoms. The van der Waals surface area contributed by atoms with Gasteiger partial charge in [-0.2, -0.15) is 4.31 Å². The van der Waals surface area contributed by atoms with Crippen molar-refractivity contribution in [1.82, 2.24) is 8.87 Å². The zero-order valence-corrected chi connectivity index (χ0v) is 22.8. The van der Waals surface area contributed by atoms with Crippen LogP contribution in [0.15, 0.2) is 88.1 Å². The maximum Gasteiger partial charge on any atom is 0.243 e. The monoisotopic (exact) mass is 533 g/mol. The van der Waals surface area contributed by atoms with Crippen LogP contribution in [0.1, 0.15) is 30.9 Å². The summed E-state index contributed by atoms with van der Waals surface area (Å²) in [5.74, 6) is 0.824. The first-order chi connectivity index (χ1) is 17.9. The van der Waals surface area contributed by atoms with Gasteiger partial charge in [0.25, 0.3) is 0 Å². The molecule has 0 N–H and O–H groups in total. The third-order valence-electron chi connectivity index (χ3n) is 6.48. The highest BCUT2D eigenvalue weighted by atomic mass is 32.2. The molecule has 1 saturated heterocycles. The lowest BCUT2D eigenvalue weighted by Gasteiger charge is -2.16. The molecule has 3 aromatic carbocycles. The molecule has 8 heteroatoms. The SMILES string of the molecule is CCOc1ccc(N=c2scc(-c3ccc(S(=O)(=O)N4CCCC4)cc3)n2Cc2ccc(C)cc2)cc1. The number of ether oxygens (including phenoxy) is 1. The fourth-order valence-corrected chi connectivity index (χ4v) is 6.89. The lowest BCUT2D eigenvalue weighted by atomic mass is 10.1. The van der Waals surface area contributed by atoms with Crippen LogP contribution in [0.5, 0.6) is 5.75 Å². The molecule has 0 radical (unpaired) electrons. The standard InChI is InChI=1S/C29H31N3O3S2/c1-3-35-26-14-12-25(13-15-26)30-29-32(20-23-8-6-22(2)7-9-23)28(21-36-29)24-10-16-27(17-11-24)37(33,34)31-18-4-5-19-31/h6-17,21H,3-5,18-20H2,1-2H3. The highest BCUT2D eigenvalue weighted by Crippen LogP contribution is 2.26. The Labute approximate surface area is 222 Å². The van der Waals surface area contributed by atoms with E-state index in [0.717, 1.165) is 40.3 Å². The van der Waals surface area contributed by atoms with Crippen molar-refractivity contribution in [2.45, 2.75) is 38.1 Å². The van der Waals surface area contributed by atoms with Gasteiger partial charge in [-0.25, -0.2) is 13.4 Å². The van der Waals surface area contributed by atoms with Crippen LogP contribution in [0.2, 0.25) is 0 Å². The zero-order chi connectivity index (χ0) is 25.8. The molecule has 1 aromatic heterocycles. The van der Waals surface area contributed by atoms with E-state index in [0.29, 0.717) is 31.1 Å². The Morgan fingerprint density at radius 3 is 2.24 bits per heavy atom. The van der Waals surface area contributed by atoms with Gasteiger partial charge in [0, 0.05) is 18.5 Å². The summed E-state index contributed by atoms with van der Waals surface area (Å²) in [7, 11) is -3.44. The highest BCUT2D eigenvalue weighted by Gasteiger charge is 2.27. The summed E-state index contributed by atoms with van der Waals surface area (Å²) in [6, 6.07) is 23.5. The van der Waals surface area contributed by atoms with Gasteiger partial charge in [0.15, 0.2) is 4.80 Å². The topological polar surface area (TPSA) is 63.9 Å². The van der Waals surface area contributed by atoms with E-state index in [9.17, 15) is 8.42 Å². The Morgan fingerprint density at radius 1 is 0.919 bits per heavy atom. The maximum atomic E-state index is 13.0. The number of hydrogen-bond acceptors (Lipinski definition) is 5. The van der Waals surface area contributed by atoms with Gasteiger partial charge in [-0.3, -0.25) is 0 Å². The van der Waals surface area contributed by atoms with Crippen LogP contribution >= 0.6 is 11.3 Å². The predicted octanol–water partition coefficient (Wildman–Crippen LogP) is 5.99. The second-order valence-electron chi connectivity index (χ2n) is 9.15. The normalized spacial score (nSPS) is 14.8. The van der Waals surface area contributed by atoms with E-state index in [1.54, 1.807) is 27.8 Å². The molecule has 0 saturated carbocycles. The Bertz CT molecular complexity index is 1510. The molecule has 6 nitrogen and oxygen atoms in total. The fourth-order valence-electron chi connectivity index (χ4n) is 4.45. The zero-order valence-electron chi connectivity index (χ0n) is 21.1. The van der Waals surface area contributed by atoms with Crippen molar-refractivity contribution >= 4 is 27.0 Å². The van der Waals surface area contributed by atoms with Crippen molar-refractivity contribution in [3.05, 3.63) is 94.1 Å². The lowest BCUT2D eigenvalue weighted by Crippen LogP contribution is -2.27. The van der Waals surface area contributed by atoms with E-state index in [1.807, 2.05) is 43.3 Å². The number of sulfonamides is 1. The van der Waals surface area contributed by atoms with Crippen molar-refractivity contribution in [2.75, 3.05) is 19.7 Å². The molecule has 0 aliphatic carbocycles. The summed E-state index contributed by atoms with van der Waals surface area (Å²) < 4.78 is 35.3. The fraction of sp³-hybridized carbons (Fsp3) is 0.276. The second-order valence-corrected chi connectivity index (χ2v) is 11.9. The molecule has 0 amide bonds. The molecule has 2 heterocycles. The number of benzene rings is 3. The number of hydrogen-bond donors (Lipinski definition) is 0. The number of aromatic nitrogens is 1. The van der Waals surface area contributed by atoms with E-state index < -0.39 is 10.0 Å². The third-order valence-corrected chi connectivity index (χ3v) is 9.26. The minimum absolute atomic E-state index is 0.345. The van der Waals surface area contributed by atoms with Crippen molar-refractivity contribution in [3.63, 3.8) is 0 Å². The van der Waals surface area contributed by atoms with Gasteiger partial charge in [-0.1, -0.05) is 42.0 Å². The van der Waals surface area contributed by atoms with Crippen molar-refractivity contribution in [2.24, 2.45) is 4.99 Å². The molecule has 0 atom stereocenters. The number of thiazole rings is 1. The first-order valence-electron chi connectivity index (χ1n) is 12.6. The Kier molecular flexibility index (Phi) is 7.60. The van der Waals surface area contributed by atoms with E-state index in [2.05, 4.69) is 41.1 Å². The summed E-state index contributed by atoms with van der Waals surface area (Å²) >= 11 is 1.57. The van der Waals surface area contributed by atoms with Crippen LogP contribution in [0.3, 0.4) is 0 Å². The van der Waals surface area contributed by atoms with Crippen LogP contribution in [0.4, 0.5) is 5.69 Å². The molecule has 0 bridgehead atoms. The number of aryl methyl sites for hydroxylation is 1. The molecule has 1 aliphatic rings. The van der Waals surface area contributed by atoms with Crippen LogP contribution in [-0.4, -0.2) is 37.0 Å². The Morgan fingerprint density at radius 2 is 1.59 bits per heavy atom. The predicted molar refractivity (Wildman–Crippen MR) is 149 cm³/mol. The Balaban J connectivity index is 1.52. The molecule has 1 fully saturated rings. The third kappa shape index (κ3) is 5.71. The summed E-state index contributed by atoms with van der Waals surface area (Å²) in [6.45, 7) is 6.52. The first kappa shape index (κ1) is 25.4. The van der Waals surface area contributed by atoms with Crippen molar-refractivity contribution in [3.8, 4) is 17.0 Å². The molecule has 1 aliphatic heterocycles. The van der Waals surface area contributed by atoms with Gasteiger partial charge in [0.2, 0.25) is 10.0 Å². The smallest absolute Gasteiger partial charge is 0.243 e. The van der Waals surface area contributed by atoms with Crippen molar-refractivity contribution in [1.29, 1.82) is 0 Å². The molecule has 0 unspecified atom stereocenters. The van der Waals surface area contributed by atoms with Gasteiger partial charge >= 0.3 is 0 Å². The molecule has 37 heavy (non-hydrogen) atoms. The van der Waals surface area contributed by atoms with E-state index in [1.165, 1.54) is 11.1 Å². The van der Waals surface area contributed by atoms with Gasteiger partial charge in [0.1, 0.15) is 5.75 Å². The number of nitrogens with zero attached hydrogens (tertiary/aromatic N) is 3. The minimum Gasteiger partial charge on any atom is -0.494 e. The first-order valence-corrected chi connectivity index (χ1v) is 14.9. The average Bonchev–Trinajstić information content (AvgIpc) is 3.58. The Hall–Kier alpha value is -3.20. The average molecular weight is 534 g/mol. The molecule has 5 rings (SSSR count). The van der Waals surface area contributed by atoms with Gasteiger partial charge in [-0.15, -0.1) is 11.3 Å². The maximum absolute atomic E-state index is 13.0. The lowest BCUT2D eigenvalue weighted by molar-refractivity contribution is 0.340. The van der Waals surface area contributed by atoms with Crippen molar-refractivity contribution < 1.29 is 13.2 Å². The van der Waals surface area contributed by atoms with E-state index >= 15 is 0 Å². The highest BCUT2D eigenvalue weighted by molar-refractivity contribution is 7.89. The summed E-state index contributed by atoms with van der Waals surface area (Å²) in [5.41, 5.74) is 5.19. The van der Waals surface area contributed by atoms with Crippen LogP contribution in [0, 0.1) is 6.92 Å². The molecule has 192 valence electrons. The van der Waals surface area contributed by atoms with Crippen LogP contribution in [0.25, 0.3) is 11.3 Å². The largest absolute Gasteiger partial charge is 0.494 e. The van der Waals surface area contributed by atoms with Crippen LogP contribution < -0.4 is 9.54 Å². The van der Waals surface area contributed by atoms with E-state index in [4.69, 9.17) is 9.73 Å². The van der Waals surface area contributed by atoms with Gasteiger partial charge in [0.05, 0.1) is 29.4 Å². The summed E-state index contributed by atoms with van der Waals surface area (Å²) in [6.07, 6.45) is 1.84. The molecular formula is C29H31N3O3S2. The van der Waals surface area contributed by atoms with Gasteiger partial charge in [-0.05, 0) is 74.2 Å². The second kappa shape index (κ2) is 11.0. The van der Waals surface area contributed by atoms with E-state index in [-0.39, 0.29) is 0 Å². The summed E-state index contributed by atoms with van der Waals surface area (Å²) in [4.78, 5) is 6.15.